The van der Waals surface area contributed by atoms with Crippen LogP contribution in [0, 0.1) is 6.92 Å². The van der Waals surface area contributed by atoms with E-state index >= 15 is 0 Å². The number of hydrogen-bond acceptors (Lipinski definition) is 5. The predicted octanol–water partition coefficient (Wildman–Crippen LogP) is 2.11. The highest BCUT2D eigenvalue weighted by Gasteiger charge is 2.07. The molecule has 0 spiro atoms. The van der Waals surface area contributed by atoms with E-state index in [0.717, 1.165) is 11.8 Å². The fourth-order valence-electron chi connectivity index (χ4n) is 1.57. The van der Waals surface area contributed by atoms with Crippen LogP contribution in [0.3, 0.4) is 0 Å². The van der Waals surface area contributed by atoms with E-state index in [0.29, 0.717) is 18.1 Å². The van der Waals surface area contributed by atoms with Crippen molar-refractivity contribution in [2.24, 2.45) is 0 Å². The summed E-state index contributed by atoms with van der Waals surface area (Å²) >= 11 is 0. The summed E-state index contributed by atoms with van der Waals surface area (Å²) < 4.78 is 4.81. The fraction of sp³-hybridized carbons (Fsp3) is 0.357. The summed E-state index contributed by atoms with van der Waals surface area (Å²) in [6.07, 6.45) is 1.40. The van der Waals surface area contributed by atoms with Crippen molar-refractivity contribution in [3.8, 4) is 0 Å². The summed E-state index contributed by atoms with van der Waals surface area (Å²) in [7, 11) is 0. The Bertz CT molecular complexity index is 512. The summed E-state index contributed by atoms with van der Waals surface area (Å²) in [5.74, 6) is -0.895. The zero-order valence-electron chi connectivity index (χ0n) is 11.5. The molecule has 1 aromatic rings. The maximum atomic E-state index is 11.3. The van der Waals surface area contributed by atoms with Crippen molar-refractivity contribution >= 4 is 17.8 Å². The van der Waals surface area contributed by atoms with Gasteiger partial charge in [-0.25, -0.2) is 9.78 Å². The molecule has 20 heavy (non-hydrogen) atoms. The van der Waals surface area contributed by atoms with Crippen LogP contribution >= 0.6 is 0 Å². The highest BCUT2D eigenvalue weighted by Crippen LogP contribution is 2.12. The molecule has 0 aromatic carbocycles. The van der Waals surface area contributed by atoms with Crippen LogP contribution in [0.1, 0.15) is 25.5 Å². The van der Waals surface area contributed by atoms with Gasteiger partial charge in [-0.1, -0.05) is 6.07 Å². The van der Waals surface area contributed by atoms with Crippen LogP contribution in [0.15, 0.2) is 30.0 Å². The standard InChI is InChI=1S/C14H18N2O4/c1-3-20-14(19)8-7-11(9-13(17)18)16-12-6-4-5-10(2)15-12/h4-6,9H,3,7-8H2,1-2H3,(H,15,16)(H,17,18)/b11-9-. The van der Waals surface area contributed by atoms with Crippen molar-refractivity contribution in [2.75, 3.05) is 11.9 Å². The van der Waals surface area contributed by atoms with E-state index in [2.05, 4.69) is 10.3 Å². The van der Waals surface area contributed by atoms with Crippen LogP contribution in [0.4, 0.5) is 5.82 Å². The third-order valence-corrected chi connectivity index (χ3v) is 2.38. The molecule has 0 aliphatic carbocycles. The Hall–Kier alpha value is -2.37. The molecule has 0 saturated heterocycles. The molecule has 0 atom stereocenters. The largest absolute Gasteiger partial charge is 0.478 e. The number of aryl methyl sites for hydroxylation is 1. The number of hydrogen-bond donors (Lipinski definition) is 2. The molecule has 1 heterocycles. The number of carbonyl (C=O) groups excluding carboxylic acids is 1. The molecular formula is C14H18N2O4. The second kappa shape index (κ2) is 7.93. The number of allylic oxidation sites excluding steroid dienone is 1. The number of carboxylic acid groups (broad SMARTS) is 1. The van der Waals surface area contributed by atoms with Gasteiger partial charge in [0, 0.05) is 17.5 Å². The molecule has 1 rings (SSSR count). The average Bonchev–Trinajstić information content (AvgIpc) is 2.36. The van der Waals surface area contributed by atoms with E-state index in [1.165, 1.54) is 0 Å². The van der Waals surface area contributed by atoms with Gasteiger partial charge in [-0.15, -0.1) is 0 Å². The Morgan fingerprint density at radius 3 is 2.75 bits per heavy atom. The maximum absolute atomic E-state index is 11.3. The SMILES string of the molecule is CCOC(=O)CC/C(=C/C(=O)O)Nc1cccc(C)n1. The molecule has 0 saturated carbocycles. The van der Waals surface area contributed by atoms with Gasteiger partial charge in [0.05, 0.1) is 13.0 Å². The molecular weight excluding hydrogens is 260 g/mol. The Kier molecular flexibility index (Phi) is 6.22. The molecule has 0 bridgehead atoms. The summed E-state index contributed by atoms with van der Waals surface area (Å²) in [4.78, 5) is 26.3. The van der Waals surface area contributed by atoms with Gasteiger partial charge in [0.15, 0.2) is 0 Å². The zero-order chi connectivity index (χ0) is 15.0. The van der Waals surface area contributed by atoms with Crippen molar-refractivity contribution in [1.82, 2.24) is 4.98 Å². The normalized spacial score (nSPS) is 11.0. The Morgan fingerprint density at radius 2 is 2.15 bits per heavy atom. The van der Waals surface area contributed by atoms with Gasteiger partial charge in [-0.05, 0) is 32.4 Å². The first-order chi connectivity index (χ1) is 9.51. The zero-order valence-corrected chi connectivity index (χ0v) is 11.5. The first kappa shape index (κ1) is 15.7. The molecule has 0 unspecified atom stereocenters. The highest BCUT2D eigenvalue weighted by molar-refractivity contribution is 5.81. The fourth-order valence-corrected chi connectivity index (χ4v) is 1.57. The lowest BCUT2D eigenvalue weighted by molar-refractivity contribution is -0.143. The lowest BCUT2D eigenvalue weighted by Gasteiger charge is -2.10. The van der Waals surface area contributed by atoms with Crippen LogP contribution in [0.5, 0.6) is 0 Å². The topological polar surface area (TPSA) is 88.5 Å². The monoisotopic (exact) mass is 278 g/mol. The molecule has 1 aromatic heterocycles. The lowest BCUT2D eigenvalue weighted by atomic mass is 10.2. The minimum atomic E-state index is -1.08. The number of carboxylic acids is 1. The van der Waals surface area contributed by atoms with E-state index in [1.54, 1.807) is 13.0 Å². The summed E-state index contributed by atoms with van der Waals surface area (Å²) in [6, 6.07) is 5.38. The molecule has 108 valence electrons. The van der Waals surface area contributed by atoms with Crippen molar-refractivity contribution in [2.45, 2.75) is 26.7 Å². The van der Waals surface area contributed by atoms with Gasteiger partial charge >= 0.3 is 11.9 Å². The highest BCUT2D eigenvalue weighted by atomic mass is 16.5. The van der Waals surface area contributed by atoms with Gasteiger partial charge in [0.25, 0.3) is 0 Å². The molecule has 6 heteroatoms. The average molecular weight is 278 g/mol. The minimum Gasteiger partial charge on any atom is -0.478 e. The number of pyridine rings is 1. The van der Waals surface area contributed by atoms with Gasteiger partial charge in [0.2, 0.25) is 0 Å². The molecule has 0 radical (unpaired) electrons. The number of esters is 1. The smallest absolute Gasteiger partial charge is 0.330 e. The van der Waals surface area contributed by atoms with Crippen LogP contribution < -0.4 is 5.32 Å². The summed E-state index contributed by atoms with van der Waals surface area (Å²) in [5, 5.41) is 11.7. The molecule has 0 aliphatic heterocycles. The number of nitrogens with one attached hydrogen (secondary N) is 1. The Morgan fingerprint density at radius 1 is 1.40 bits per heavy atom. The number of aromatic nitrogens is 1. The second-order valence-corrected chi connectivity index (χ2v) is 4.10. The van der Waals surface area contributed by atoms with E-state index in [1.807, 2.05) is 19.1 Å². The van der Waals surface area contributed by atoms with Crippen LogP contribution in [-0.4, -0.2) is 28.6 Å². The minimum absolute atomic E-state index is 0.117. The molecule has 0 amide bonds. The summed E-state index contributed by atoms with van der Waals surface area (Å²) in [6.45, 7) is 3.87. The number of anilines is 1. The molecule has 6 nitrogen and oxygen atoms in total. The van der Waals surface area contributed by atoms with Gasteiger partial charge in [-0.3, -0.25) is 4.79 Å². The molecule has 0 fully saturated rings. The van der Waals surface area contributed by atoms with Gasteiger partial charge < -0.3 is 15.2 Å². The third kappa shape index (κ3) is 5.99. The number of carbonyl (C=O) groups is 2. The quantitative estimate of drug-likeness (QED) is 0.586. The predicted molar refractivity (Wildman–Crippen MR) is 74.2 cm³/mol. The lowest BCUT2D eigenvalue weighted by Crippen LogP contribution is -2.09. The first-order valence-electron chi connectivity index (χ1n) is 6.31. The Labute approximate surface area is 117 Å². The van der Waals surface area contributed by atoms with Crippen molar-refractivity contribution in [3.63, 3.8) is 0 Å². The number of rotatable bonds is 7. The third-order valence-electron chi connectivity index (χ3n) is 2.38. The number of aliphatic carboxylic acids is 1. The number of nitrogens with zero attached hydrogens (tertiary/aromatic N) is 1. The van der Waals surface area contributed by atoms with Crippen molar-refractivity contribution < 1.29 is 19.4 Å². The second-order valence-electron chi connectivity index (χ2n) is 4.10. The Balaban J connectivity index is 2.70. The van der Waals surface area contributed by atoms with Crippen molar-refractivity contribution in [1.29, 1.82) is 0 Å². The van der Waals surface area contributed by atoms with Crippen LogP contribution in [0.2, 0.25) is 0 Å². The van der Waals surface area contributed by atoms with Crippen LogP contribution in [0.25, 0.3) is 0 Å². The summed E-state index contributed by atoms with van der Waals surface area (Å²) in [5.41, 5.74) is 1.22. The van der Waals surface area contributed by atoms with E-state index in [4.69, 9.17) is 9.84 Å². The van der Waals surface area contributed by atoms with E-state index in [-0.39, 0.29) is 18.8 Å². The van der Waals surface area contributed by atoms with E-state index < -0.39 is 5.97 Å². The molecule has 2 N–H and O–H groups in total. The first-order valence-corrected chi connectivity index (χ1v) is 6.31. The maximum Gasteiger partial charge on any atom is 0.330 e. The van der Waals surface area contributed by atoms with Gasteiger partial charge in [-0.2, -0.15) is 0 Å². The number of ether oxygens (including phenoxy) is 1. The molecule has 0 aliphatic rings. The van der Waals surface area contributed by atoms with Crippen molar-refractivity contribution in [3.05, 3.63) is 35.7 Å². The van der Waals surface area contributed by atoms with Gasteiger partial charge in [0.1, 0.15) is 5.82 Å². The van der Waals surface area contributed by atoms with Crippen LogP contribution in [-0.2, 0) is 14.3 Å². The van der Waals surface area contributed by atoms with E-state index in [9.17, 15) is 9.59 Å².